The van der Waals surface area contributed by atoms with Crippen LogP contribution >= 0.6 is 0 Å². The van der Waals surface area contributed by atoms with Crippen molar-refractivity contribution in [2.24, 2.45) is 16.8 Å². The van der Waals surface area contributed by atoms with E-state index in [1.165, 1.54) is 19.3 Å². The first-order chi connectivity index (χ1) is 11.7. The number of aliphatic imine (C=N–C) groups is 1. The normalized spacial score (nSPS) is 18.6. The predicted molar refractivity (Wildman–Crippen MR) is 99.1 cm³/mol. The lowest BCUT2D eigenvalue weighted by Crippen LogP contribution is -2.40. The van der Waals surface area contributed by atoms with Crippen LogP contribution in [-0.2, 0) is 13.0 Å². The smallest absolute Gasteiger partial charge is 0.193 e. The van der Waals surface area contributed by atoms with Gasteiger partial charge in [-0.3, -0.25) is 4.99 Å². The molecular weight excluding hydrogens is 300 g/mol. The van der Waals surface area contributed by atoms with Crippen molar-refractivity contribution in [3.8, 4) is 0 Å². The van der Waals surface area contributed by atoms with Crippen LogP contribution in [0.4, 0.5) is 0 Å². The molecule has 1 unspecified atom stereocenters. The van der Waals surface area contributed by atoms with E-state index in [1.54, 1.807) is 6.33 Å². The van der Waals surface area contributed by atoms with E-state index in [2.05, 4.69) is 52.7 Å². The number of guanidine groups is 1. The van der Waals surface area contributed by atoms with Crippen LogP contribution in [0.2, 0.25) is 0 Å². The monoisotopic (exact) mass is 334 g/mol. The lowest BCUT2D eigenvalue weighted by Gasteiger charge is -2.24. The van der Waals surface area contributed by atoms with Crippen molar-refractivity contribution in [3.63, 3.8) is 0 Å². The third kappa shape index (κ3) is 4.71. The Morgan fingerprint density at radius 1 is 1.33 bits per heavy atom. The highest BCUT2D eigenvalue weighted by molar-refractivity contribution is 5.80. The molecule has 1 atom stereocenters. The van der Waals surface area contributed by atoms with Gasteiger partial charge in [-0.2, -0.15) is 0 Å². The third-order valence-electron chi connectivity index (χ3n) is 5.19. The zero-order valence-electron chi connectivity index (χ0n) is 15.8. The van der Waals surface area contributed by atoms with Gasteiger partial charge in [-0.15, -0.1) is 10.2 Å². The van der Waals surface area contributed by atoms with E-state index in [0.717, 1.165) is 62.8 Å². The van der Waals surface area contributed by atoms with Crippen LogP contribution in [0.3, 0.4) is 0 Å². The van der Waals surface area contributed by atoms with Crippen LogP contribution in [0.15, 0.2) is 11.3 Å². The number of aromatic nitrogens is 3. The number of nitrogens with one attached hydrogen (secondary N) is 1. The van der Waals surface area contributed by atoms with Gasteiger partial charge in [0.15, 0.2) is 5.96 Å². The summed E-state index contributed by atoms with van der Waals surface area (Å²) in [5.41, 5.74) is 0. The fraction of sp³-hybridized carbons (Fsp3) is 0.833. The molecule has 1 saturated heterocycles. The SMILES string of the molecule is CCNC(=NCCn1cnnc1CC)N1CCC(C(CC)CC)C1. The first-order valence-electron chi connectivity index (χ1n) is 9.63. The van der Waals surface area contributed by atoms with Gasteiger partial charge in [0.25, 0.3) is 0 Å². The van der Waals surface area contributed by atoms with Gasteiger partial charge in [-0.25, -0.2) is 0 Å². The average Bonchev–Trinajstić information content (AvgIpc) is 3.24. The topological polar surface area (TPSA) is 58.3 Å². The van der Waals surface area contributed by atoms with Crippen LogP contribution in [0.1, 0.15) is 52.8 Å². The fourth-order valence-electron chi connectivity index (χ4n) is 3.75. The van der Waals surface area contributed by atoms with Crippen LogP contribution in [-0.4, -0.2) is 51.8 Å². The highest BCUT2D eigenvalue weighted by Gasteiger charge is 2.29. The second-order valence-corrected chi connectivity index (χ2v) is 6.60. The van der Waals surface area contributed by atoms with Gasteiger partial charge in [0, 0.05) is 32.6 Å². The molecule has 24 heavy (non-hydrogen) atoms. The molecule has 6 heteroatoms. The van der Waals surface area contributed by atoms with Crippen molar-refractivity contribution >= 4 is 5.96 Å². The first kappa shape index (κ1) is 18.7. The van der Waals surface area contributed by atoms with Crippen molar-refractivity contribution in [2.45, 2.75) is 59.9 Å². The van der Waals surface area contributed by atoms with Crippen LogP contribution < -0.4 is 5.32 Å². The minimum absolute atomic E-state index is 0.763. The molecule has 0 amide bonds. The minimum atomic E-state index is 0.763. The molecule has 2 rings (SSSR count). The molecule has 6 nitrogen and oxygen atoms in total. The Kier molecular flexibility index (Phi) is 7.53. The summed E-state index contributed by atoms with van der Waals surface area (Å²) in [5.74, 6) is 3.76. The summed E-state index contributed by atoms with van der Waals surface area (Å²) >= 11 is 0. The van der Waals surface area contributed by atoms with Crippen LogP contribution in [0.25, 0.3) is 0 Å². The van der Waals surface area contributed by atoms with Crippen molar-refractivity contribution < 1.29 is 0 Å². The summed E-state index contributed by atoms with van der Waals surface area (Å²) in [7, 11) is 0. The van der Waals surface area contributed by atoms with Gasteiger partial charge >= 0.3 is 0 Å². The number of nitrogens with zero attached hydrogens (tertiary/aromatic N) is 5. The molecule has 2 heterocycles. The van der Waals surface area contributed by atoms with Crippen molar-refractivity contribution in [1.82, 2.24) is 25.0 Å². The third-order valence-corrected chi connectivity index (χ3v) is 5.19. The summed E-state index contributed by atoms with van der Waals surface area (Å²) in [4.78, 5) is 7.29. The van der Waals surface area contributed by atoms with Crippen LogP contribution in [0, 0.1) is 11.8 Å². The number of likely N-dealkylation sites (tertiary alicyclic amines) is 1. The molecule has 1 aliphatic rings. The van der Waals surface area contributed by atoms with Gasteiger partial charge in [-0.1, -0.05) is 33.6 Å². The zero-order chi connectivity index (χ0) is 17.4. The zero-order valence-corrected chi connectivity index (χ0v) is 15.8. The largest absolute Gasteiger partial charge is 0.357 e. The second kappa shape index (κ2) is 9.64. The molecule has 0 aromatic carbocycles. The lowest BCUT2D eigenvalue weighted by molar-refractivity contribution is 0.319. The maximum atomic E-state index is 4.85. The molecular formula is C18H34N6. The molecule has 0 aliphatic carbocycles. The summed E-state index contributed by atoms with van der Waals surface area (Å²) in [6.45, 7) is 13.7. The maximum Gasteiger partial charge on any atom is 0.193 e. The number of hydrogen-bond acceptors (Lipinski definition) is 3. The van der Waals surface area contributed by atoms with Crippen molar-refractivity contribution in [3.05, 3.63) is 12.2 Å². The Morgan fingerprint density at radius 2 is 2.12 bits per heavy atom. The highest BCUT2D eigenvalue weighted by Crippen LogP contribution is 2.28. The number of rotatable bonds is 8. The molecule has 1 aliphatic heterocycles. The van der Waals surface area contributed by atoms with E-state index >= 15 is 0 Å². The summed E-state index contributed by atoms with van der Waals surface area (Å²) < 4.78 is 2.10. The van der Waals surface area contributed by atoms with Crippen LogP contribution in [0.5, 0.6) is 0 Å². The first-order valence-corrected chi connectivity index (χ1v) is 9.63. The van der Waals surface area contributed by atoms with Gasteiger partial charge in [0.2, 0.25) is 0 Å². The van der Waals surface area contributed by atoms with E-state index in [4.69, 9.17) is 4.99 Å². The predicted octanol–water partition coefficient (Wildman–Crippen LogP) is 2.56. The Labute approximate surface area is 146 Å². The molecule has 0 spiro atoms. The second-order valence-electron chi connectivity index (χ2n) is 6.60. The lowest BCUT2D eigenvalue weighted by atomic mass is 9.87. The molecule has 0 saturated carbocycles. The van der Waals surface area contributed by atoms with E-state index in [1.807, 2.05) is 0 Å². The van der Waals surface area contributed by atoms with Gasteiger partial charge in [0.1, 0.15) is 12.2 Å². The number of aryl methyl sites for hydroxylation is 1. The standard InChI is InChI=1S/C18H34N6/c1-5-15(6-2)16-9-11-23(13-16)18(19-8-4)20-10-12-24-14-21-22-17(24)7-3/h14-16H,5-13H2,1-4H3,(H,19,20). The average molecular weight is 335 g/mol. The van der Waals surface area contributed by atoms with E-state index < -0.39 is 0 Å². The van der Waals surface area contributed by atoms with Gasteiger partial charge in [0.05, 0.1) is 6.54 Å². The molecule has 1 fully saturated rings. The number of hydrogen-bond donors (Lipinski definition) is 1. The minimum Gasteiger partial charge on any atom is -0.357 e. The fourth-order valence-corrected chi connectivity index (χ4v) is 3.75. The molecule has 136 valence electrons. The van der Waals surface area contributed by atoms with E-state index in [9.17, 15) is 0 Å². The van der Waals surface area contributed by atoms with Crippen molar-refractivity contribution in [2.75, 3.05) is 26.2 Å². The van der Waals surface area contributed by atoms with E-state index in [-0.39, 0.29) is 0 Å². The van der Waals surface area contributed by atoms with Gasteiger partial charge < -0.3 is 14.8 Å². The summed E-state index contributed by atoms with van der Waals surface area (Å²) in [5, 5.41) is 11.6. The van der Waals surface area contributed by atoms with Crippen molar-refractivity contribution in [1.29, 1.82) is 0 Å². The molecule has 1 aromatic rings. The molecule has 1 aromatic heterocycles. The quantitative estimate of drug-likeness (QED) is 0.586. The summed E-state index contributed by atoms with van der Waals surface area (Å²) in [6.07, 6.45) is 6.58. The molecule has 0 bridgehead atoms. The Morgan fingerprint density at radius 3 is 2.79 bits per heavy atom. The Bertz CT molecular complexity index is 505. The summed E-state index contributed by atoms with van der Waals surface area (Å²) in [6, 6.07) is 0. The Balaban J connectivity index is 1.93. The maximum absolute atomic E-state index is 4.85. The van der Waals surface area contributed by atoms with E-state index in [0.29, 0.717) is 0 Å². The van der Waals surface area contributed by atoms with Gasteiger partial charge in [-0.05, 0) is 25.2 Å². The molecule has 1 N–H and O–H groups in total. The highest BCUT2D eigenvalue weighted by atomic mass is 15.3. The molecule has 0 radical (unpaired) electrons. The Hall–Kier alpha value is -1.59.